The molecule has 2 N–H and O–H groups in total. The van der Waals surface area contributed by atoms with Gasteiger partial charge in [0, 0.05) is 29.6 Å². The van der Waals surface area contributed by atoms with Crippen molar-refractivity contribution in [3.8, 4) is 11.3 Å². The molecule has 0 saturated carbocycles. The van der Waals surface area contributed by atoms with Crippen LogP contribution in [0.2, 0.25) is 5.02 Å². The standard InChI is InChI=1S/C17H17ClN4O3/c18-12-3-1-11(2-4-12)13-6-8-16(24)22(21-13)10-9-19-17(25)14-5-7-15(23)20-14/h1-4,6,8,14H,5,7,9-10H2,(H,19,25)(H,20,23). The Kier molecular flexibility index (Phi) is 5.14. The number of hydrogen-bond acceptors (Lipinski definition) is 4. The van der Waals surface area contributed by atoms with E-state index in [2.05, 4.69) is 15.7 Å². The molecule has 1 aliphatic rings. The van der Waals surface area contributed by atoms with Crippen LogP contribution in [0.3, 0.4) is 0 Å². The minimum absolute atomic E-state index is 0.117. The molecular weight excluding hydrogens is 344 g/mol. The van der Waals surface area contributed by atoms with E-state index in [1.807, 2.05) is 12.1 Å². The van der Waals surface area contributed by atoms with Crippen molar-refractivity contribution in [2.45, 2.75) is 25.4 Å². The van der Waals surface area contributed by atoms with Gasteiger partial charge in [-0.1, -0.05) is 23.7 Å². The number of aromatic nitrogens is 2. The van der Waals surface area contributed by atoms with Gasteiger partial charge >= 0.3 is 0 Å². The van der Waals surface area contributed by atoms with E-state index >= 15 is 0 Å². The molecule has 0 aliphatic carbocycles. The van der Waals surface area contributed by atoms with Crippen LogP contribution in [0.5, 0.6) is 0 Å². The highest BCUT2D eigenvalue weighted by Crippen LogP contribution is 2.18. The first kappa shape index (κ1) is 17.2. The summed E-state index contributed by atoms with van der Waals surface area (Å²) in [6.45, 7) is 0.495. The van der Waals surface area contributed by atoms with Gasteiger partial charge in [0.15, 0.2) is 0 Å². The second kappa shape index (κ2) is 7.48. The van der Waals surface area contributed by atoms with E-state index in [0.717, 1.165) is 5.56 Å². The third-order valence-electron chi connectivity index (χ3n) is 3.94. The van der Waals surface area contributed by atoms with Gasteiger partial charge in [0.25, 0.3) is 5.56 Å². The number of halogens is 1. The van der Waals surface area contributed by atoms with E-state index < -0.39 is 6.04 Å². The number of rotatable bonds is 5. The quantitative estimate of drug-likeness (QED) is 0.830. The number of carbonyl (C=O) groups excluding carboxylic acids is 2. The maximum absolute atomic E-state index is 11.9. The maximum Gasteiger partial charge on any atom is 0.266 e. The SMILES string of the molecule is O=C1CCC(C(=O)NCCn2nc(-c3ccc(Cl)cc3)ccc2=O)N1. The van der Waals surface area contributed by atoms with Crippen molar-refractivity contribution in [1.82, 2.24) is 20.4 Å². The molecule has 1 saturated heterocycles. The summed E-state index contributed by atoms with van der Waals surface area (Å²) in [6.07, 6.45) is 0.858. The Hall–Kier alpha value is -2.67. The third-order valence-corrected chi connectivity index (χ3v) is 4.19. The van der Waals surface area contributed by atoms with Gasteiger partial charge in [-0.15, -0.1) is 0 Å². The molecule has 0 spiro atoms. The fourth-order valence-corrected chi connectivity index (χ4v) is 2.73. The van der Waals surface area contributed by atoms with Crippen LogP contribution in [0.1, 0.15) is 12.8 Å². The average Bonchev–Trinajstić information content (AvgIpc) is 3.04. The molecule has 2 amide bonds. The molecule has 1 aromatic heterocycles. The minimum Gasteiger partial charge on any atom is -0.352 e. The lowest BCUT2D eigenvalue weighted by molar-refractivity contribution is -0.125. The van der Waals surface area contributed by atoms with E-state index in [1.54, 1.807) is 18.2 Å². The number of benzene rings is 1. The summed E-state index contributed by atoms with van der Waals surface area (Å²) in [5, 5.41) is 10.3. The Labute approximate surface area is 149 Å². The molecule has 1 fully saturated rings. The fraction of sp³-hybridized carbons (Fsp3) is 0.294. The Balaban J connectivity index is 1.63. The van der Waals surface area contributed by atoms with Crippen LogP contribution in [0.25, 0.3) is 11.3 Å². The predicted molar refractivity (Wildman–Crippen MR) is 93.1 cm³/mol. The predicted octanol–water partition coefficient (Wildman–Crippen LogP) is 0.959. The highest BCUT2D eigenvalue weighted by molar-refractivity contribution is 6.30. The van der Waals surface area contributed by atoms with E-state index in [1.165, 1.54) is 10.7 Å². The van der Waals surface area contributed by atoms with Gasteiger partial charge in [0.05, 0.1) is 12.2 Å². The second-order valence-corrected chi connectivity index (χ2v) is 6.17. The zero-order valence-corrected chi connectivity index (χ0v) is 14.1. The molecule has 1 unspecified atom stereocenters. The van der Waals surface area contributed by atoms with Crippen LogP contribution < -0.4 is 16.2 Å². The molecule has 1 aromatic carbocycles. The van der Waals surface area contributed by atoms with Crippen LogP contribution in [-0.2, 0) is 16.1 Å². The Bertz CT molecular complexity index is 848. The number of nitrogens with one attached hydrogen (secondary N) is 2. The first-order valence-electron chi connectivity index (χ1n) is 7.94. The molecule has 25 heavy (non-hydrogen) atoms. The van der Waals surface area contributed by atoms with Gasteiger partial charge in [0.2, 0.25) is 11.8 Å². The Morgan fingerprint density at radius 1 is 1.24 bits per heavy atom. The zero-order chi connectivity index (χ0) is 17.8. The first-order chi connectivity index (χ1) is 12.0. The number of hydrogen-bond donors (Lipinski definition) is 2. The van der Waals surface area contributed by atoms with Crippen molar-refractivity contribution in [3.05, 3.63) is 51.8 Å². The zero-order valence-electron chi connectivity index (χ0n) is 13.4. The molecule has 8 heteroatoms. The molecule has 3 rings (SSSR count). The molecule has 0 radical (unpaired) electrons. The van der Waals surface area contributed by atoms with Gasteiger partial charge in [-0.2, -0.15) is 5.10 Å². The van der Waals surface area contributed by atoms with Crippen LogP contribution in [0, 0.1) is 0 Å². The first-order valence-corrected chi connectivity index (χ1v) is 8.32. The van der Waals surface area contributed by atoms with Crippen molar-refractivity contribution < 1.29 is 9.59 Å². The van der Waals surface area contributed by atoms with E-state index in [4.69, 9.17) is 11.6 Å². The van der Waals surface area contributed by atoms with Gasteiger partial charge in [-0.05, 0) is 24.6 Å². The molecule has 130 valence electrons. The van der Waals surface area contributed by atoms with Crippen LogP contribution >= 0.6 is 11.6 Å². The largest absolute Gasteiger partial charge is 0.352 e. The van der Waals surface area contributed by atoms with Gasteiger partial charge in [-0.25, -0.2) is 4.68 Å². The molecule has 0 bridgehead atoms. The van der Waals surface area contributed by atoms with Crippen molar-refractivity contribution in [2.24, 2.45) is 0 Å². The maximum atomic E-state index is 11.9. The number of amides is 2. The topological polar surface area (TPSA) is 93.1 Å². The fourth-order valence-electron chi connectivity index (χ4n) is 2.60. The van der Waals surface area contributed by atoms with Crippen molar-refractivity contribution in [1.29, 1.82) is 0 Å². The van der Waals surface area contributed by atoms with Gasteiger partial charge in [-0.3, -0.25) is 14.4 Å². The molecule has 7 nitrogen and oxygen atoms in total. The molecule has 1 aliphatic heterocycles. The highest BCUT2D eigenvalue weighted by atomic mass is 35.5. The number of nitrogens with zero attached hydrogens (tertiary/aromatic N) is 2. The highest BCUT2D eigenvalue weighted by Gasteiger charge is 2.26. The van der Waals surface area contributed by atoms with Crippen molar-refractivity contribution in [3.63, 3.8) is 0 Å². The van der Waals surface area contributed by atoms with Gasteiger partial charge < -0.3 is 10.6 Å². The van der Waals surface area contributed by atoms with Crippen molar-refractivity contribution >= 4 is 23.4 Å². The third kappa shape index (κ3) is 4.24. The van der Waals surface area contributed by atoms with E-state index in [9.17, 15) is 14.4 Å². The van der Waals surface area contributed by atoms with E-state index in [-0.39, 0.29) is 30.5 Å². The van der Waals surface area contributed by atoms with Crippen LogP contribution in [0.15, 0.2) is 41.2 Å². The summed E-state index contributed by atoms with van der Waals surface area (Å²) in [5.74, 6) is -0.360. The lowest BCUT2D eigenvalue weighted by Crippen LogP contribution is -2.43. The second-order valence-electron chi connectivity index (χ2n) is 5.74. The van der Waals surface area contributed by atoms with Crippen molar-refractivity contribution in [2.75, 3.05) is 6.54 Å². The molecule has 2 heterocycles. The van der Waals surface area contributed by atoms with E-state index in [0.29, 0.717) is 23.6 Å². The summed E-state index contributed by atoms with van der Waals surface area (Å²) in [5.41, 5.74) is 1.24. The molecule has 2 aromatic rings. The smallest absolute Gasteiger partial charge is 0.266 e. The summed E-state index contributed by atoms with van der Waals surface area (Å²) < 4.78 is 1.30. The Morgan fingerprint density at radius 2 is 2.00 bits per heavy atom. The normalized spacial score (nSPS) is 16.5. The lowest BCUT2D eigenvalue weighted by atomic mass is 10.1. The van der Waals surface area contributed by atoms with Crippen LogP contribution in [-0.4, -0.2) is 34.2 Å². The molecular formula is C17H17ClN4O3. The molecule has 1 atom stereocenters. The summed E-state index contributed by atoms with van der Waals surface area (Å²) in [6, 6.07) is 9.75. The Morgan fingerprint density at radius 3 is 2.68 bits per heavy atom. The summed E-state index contributed by atoms with van der Waals surface area (Å²) >= 11 is 5.87. The summed E-state index contributed by atoms with van der Waals surface area (Å²) in [7, 11) is 0. The summed E-state index contributed by atoms with van der Waals surface area (Å²) in [4.78, 5) is 35.0. The lowest BCUT2D eigenvalue weighted by Gasteiger charge is -2.12. The minimum atomic E-state index is -0.488. The average molecular weight is 361 g/mol. The number of carbonyl (C=O) groups is 2. The monoisotopic (exact) mass is 360 g/mol. The van der Waals surface area contributed by atoms with Gasteiger partial charge in [0.1, 0.15) is 6.04 Å². The van der Waals surface area contributed by atoms with Crippen LogP contribution in [0.4, 0.5) is 0 Å².